The van der Waals surface area contributed by atoms with Crippen molar-refractivity contribution in [3.05, 3.63) is 59.7 Å². The second kappa shape index (κ2) is 10.3. The fourth-order valence-electron chi connectivity index (χ4n) is 5.08. The van der Waals surface area contributed by atoms with Gasteiger partial charge in [0.15, 0.2) is 0 Å². The molecule has 1 atom stereocenters. The zero-order valence-electron chi connectivity index (χ0n) is 19.5. The van der Waals surface area contributed by atoms with E-state index in [0.29, 0.717) is 19.4 Å². The Hall–Kier alpha value is -3.35. The average molecular weight is 465 g/mol. The van der Waals surface area contributed by atoms with Gasteiger partial charge in [-0.2, -0.15) is 0 Å². The number of benzene rings is 2. The number of hydrogen-bond acceptors (Lipinski definition) is 4. The molecule has 0 radical (unpaired) electrons. The van der Waals surface area contributed by atoms with Crippen LogP contribution in [0.25, 0.3) is 11.1 Å². The molecule has 0 spiro atoms. The Morgan fingerprint density at radius 1 is 1.06 bits per heavy atom. The van der Waals surface area contributed by atoms with E-state index in [1.165, 1.54) is 22.3 Å². The Morgan fingerprint density at radius 3 is 2.24 bits per heavy atom. The Morgan fingerprint density at radius 2 is 1.68 bits per heavy atom. The molecular weight excluding hydrogens is 432 g/mol. The smallest absolute Gasteiger partial charge is 0.407 e. The van der Waals surface area contributed by atoms with Gasteiger partial charge in [0.25, 0.3) is 0 Å². The summed E-state index contributed by atoms with van der Waals surface area (Å²) in [6.45, 7) is 2.46. The van der Waals surface area contributed by atoms with Gasteiger partial charge in [0.1, 0.15) is 6.61 Å². The summed E-state index contributed by atoms with van der Waals surface area (Å²) in [5, 5.41) is 14.6. The van der Waals surface area contributed by atoms with Gasteiger partial charge in [-0.3, -0.25) is 9.59 Å². The zero-order chi connectivity index (χ0) is 24.1. The second-order valence-corrected chi connectivity index (χ2v) is 9.61. The number of alkyl carbamates (subject to hydrolysis) is 1. The number of fused-ring (bicyclic) bond motifs is 3. The summed E-state index contributed by atoms with van der Waals surface area (Å²) < 4.78 is 5.62. The van der Waals surface area contributed by atoms with Gasteiger partial charge in [0.2, 0.25) is 5.91 Å². The molecule has 4 rings (SSSR count). The molecule has 0 aromatic heterocycles. The van der Waals surface area contributed by atoms with Crippen LogP contribution in [0.1, 0.15) is 62.5 Å². The lowest BCUT2D eigenvalue weighted by molar-refractivity contribution is -0.137. The van der Waals surface area contributed by atoms with Gasteiger partial charge in [-0.1, -0.05) is 55.0 Å². The number of carbonyl (C=O) groups excluding carboxylic acids is 2. The number of carbonyl (C=O) groups is 3. The topological polar surface area (TPSA) is 105 Å². The van der Waals surface area contributed by atoms with E-state index in [1.807, 2.05) is 31.2 Å². The lowest BCUT2D eigenvalue weighted by atomic mass is 9.66. The predicted molar refractivity (Wildman–Crippen MR) is 128 cm³/mol. The van der Waals surface area contributed by atoms with Gasteiger partial charge < -0.3 is 20.5 Å². The number of rotatable bonds is 10. The molecular formula is C27H32N2O5. The van der Waals surface area contributed by atoms with Crippen LogP contribution in [0.3, 0.4) is 0 Å². The highest BCUT2D eigenvalue weighted by atomic mass is 16.5. The molecule has 34 heavy (non-hydrogen) atoms. The lowest BCUT2D eigenvalue weighted by Crippen LogP contribution is -2.46. The number of carboxylic acid groups (broad SMARTS) is 1. The molecule has 0 heterocycles. The van der Waals surface area contributed by atoms with Crippen LogP contribution in [-0.4, -0.2) is 42.3 Å². The van der Waals surface area contributed by atoms with Gasteiger partial charge in [-0.15, -0.1) is 0 Å². The van der Waals surface area contributed by atoms with Crippen molar-refractivity contribution < 1.29 is 24.2 Å². The minimum absolute atomic E-state index is 0.00822. The molecule has 2 aliphatic carbocycles. The van der Waals surface area contributed by atoms with Crippen molar-refractivity contribution in [1.29, 1.82) is 0 Å². The Bertz CT molecular complexity index is 1020. The molecule has 7 heteroatoms. The highest BCUT2D eigenvalue weighted by molar-refractivity contribution is 5.79. The van der Waals surface area contributed by atoms with Crippen LogP contribution in [0.15, 0.2) is 48.5 Å². The van der Waals surface area contributed by atoms with Gasteiger partial charge in [0, 0.05) is 31.3 Å². The highest BCUT2D eigenvalue weighted by Crippen LogP contribution is 2.45. The van der Waals surface area contributed by atoms with E-state index >= 15 is 0 Å². The SMILES string of the molecule is CC(CCC(=O)O)NC(=O)CC1(CNC(=O)OCC2c3ccccc3-c3ccccc32)CCC1. The van der Waals surface area contributed by atoms with E-state index in [9.17, 15) is 14.4 Å². The molecule has 7 nitrogen and oxygen atoms in total. The largest absolute Gasteiger partial charge is 0.481 e. The lowest BCUT2D eigenvalue weighted by Gasteiger charge is -2.41. The first kappa shape index (κ1) is 23.8. The quantitative estimate of drug-likeness (QED) is 0.482. The predicted octanol–water partition coefficient (Wildman–Crippen LogP) is 4.46. The third-order valence-electron chi connectivity index (χ3n) is 7.10. The van der Waals surface area contributed by atoms with Crippen LogP contribution in [0.2, 0.25) is 0 Å². The maximum atomic E-state index is 12.5. The van der Waals surface area contributed by atoms with Crippen LogP contribution in [0.5, 0.6) is 0 Å². The summed E-state index contributed by atoms with van der Waals surface area (Å²) >= 11 is 0. The van der Waals surface area contributed by atoms with E-state index in [2.05, 4.69) is 34.9 Å². The molecule has 1 unspecified atom stereocenters. The molecule has 3 N–H and O–H groups in total. The molecule has 0 bridgehead atoms. The fourth-order valence-corrected chi connectivity index (χ4v) is 5.08. The van der Waals surface area contributed by atoms with Crippen LogP contribution < -0.4 is 10.6 Å². The van der Waals surface area contributed by atoms with Crippen molar-refractivity contribution in [2.45, 2.75) is 57.4 Å². The van der Waals surface area contributed by atoms with Crippen molar-refractivity contribution >= 4 is 18.0 Å². The minimum Gasteiger partial charge on any atom is -0.481 e. The van der Waals surface area contributed by atoms with Crippen LogP contribution in [0.4, 0.5) is 4.79 Å². The van der Waals surface area contributed by atoms with E-state index in [4.69, 9.17) is 9.84 Å². The van der Waals surface area contributed by atoms with Crippen molar-refractivity contribution in [2.75, 3.05) is 13.2 Å². The Labute approximate surface area is 199 Å². The average Bonchev–Trinajstić information content (AvgIpc) is 3.11. The number of hydrogen-bond donors (Lipinski definition) is 3. The van der Waals surface area contributed by atoms with E-state index in [0.717, 1.165) is 19.3 Å². The number of ether oxygens (including phenoxy) is 1. The molecule has 180 valence electrons. The number of aliphatic carboxylic acids is 1. The maximum Gasteiger partial charge on any atom is 0.407 e. The molecule has 0 saturated heterocycles. The molecule has 1 saturated carbocycles. The second-order valence-electron chi connectivity index (χ2n) is 9.61. The highest BCUT2D eigenvalue weighted by Gasteiger charge is 2.39. The molecule has 2 aromatic rings. The van der Waals surface area contributed by atoms with Crippen LogP contribution >= 0.6 is 0 Å². The third-order valence-corrected chi connectivity index (χ3v) is 7.10. The molecule has 2 aliphatic rings. The zero-order valence-corrected chi connectivity index (χ0v) is 19.5. The summed E-state index contributed by atoms with van der Waals surface area (Å²) in [6.07, 6.45) is 3.02. The van der Waals surface area contributed by atoms with Crippen LogP contribution in [0, 0.1) is 5.41 Å². The van der Waals surface area contributed by atoms with Gasteiger partial charge >= 0.3 is 12.1 Å². The first-order valence-electron chi connectivity index (χ1n) is 12.0. The van der Waals surface area contributed by atoms with E-state index in [1.54, 1.807) is 0 Å². The van der Waals surface area contributed by atoms with Gasteiger partial charge in [0.05, 0.1) is 0 Å². The third kappa shape index (κ3) is 5.41. The summed E-state index contributed by atoms with van der Waals surface area (Å²) in [5.41, 5.74) is 4.44. The minimum atomic E-state index is -0.871. The maximum absolute atomic E-state index is 12.5. The van der Waals surface area contributed by atoms with Crippen molar-refractivity contribution in [3.63, 3.8) is 0 Å². The first-order valence-corrected chi connectivity index (χ1v) is 12.0. The standard InChI is InChI=1S/C27H32N2O5/c1-18(11-12-25(31)32)29-24(30)15-27(13-6-14-27)17-28-26(33)34-16-23-21-9-4-2-7-19(21)20-8-3-5-10-22(20)23/h2-5,7-10,18,23H,6,11-17H2,1H3,(H,28,33)(H,29,30)(H,31,32). The normalized spacial score (nSPS) is 16.5. The summed E-state index contributed by atoms with van der Waals surface area (Å²) in [6, 6.07) is 16.2. The monoisotopic (exact) mass is 464 g/mol. The number of amides is 2. The summed E-state index contributed by atoms with van der Waals surface area (Å²) in [4.78, 5) is 35.7. The van der Waals surface area contributed by atoms with Crippen molar-refractivity contribution in [1.82, 2.24) is 10.6 Å². The number of nitrogens with one attached hydrogen (secondary N) is 2. The van der Waals surface area contributed by atoms with E-state index < -0.39 is 12.1 Å². The van der Waals surface area contributed by atoms with Crippen LogP contribution in [-0.2, 0) is 14.3 Å². The van der Waals surface area contributed by atoms with Gasteiger partial charge in [-0.25, -0.2) is 4.79 Å². The van der Waals surface area contributed by atoms with E-state index in [-0.39, 0.29) is 36.3 Å². The Balaban J connectivity index is 1.27. The molecule has 0 aliphatic heterocycles. The van der Waals surface area contributed by atoms with Crippen molar-refractivity contribution in [3.8, 4) is 11.1 Å². The summed E-state index contributed by atoms with van der Waals surface area (Å²) in [7, 11) is 0. The first-order chi connectivity index (χ1) is 16.4. The number of carboxylic acids is 1. The van der Waals surface area contributed by atoms with Crippen molar-refractivity contribution in [2.24, 2.45) is 5.41 Å². The van der Waals surface area contributed by atoms with Gasteiger partial charge in [-0.05, 0) is 53.9 Å². The molecule has 1 fully saturated rings. The molecule has 2 amide bonds. The Kier molecular flexibility index (Phi) is 7.20. The fraction of sp³-hybridized carbons (Fsp3) is 0.444. The summed E-state index contributed by atoms with van der Waals surface area (Å²) in [5.74, 6) is -0.968. The molecule has 2 aromatic carbocycles.